The maximum atomic E-state index is 12.0. The molecule has 1 aliphatic heterocycles. The van der Waals surface area contributed by atoms with Gasteiger partial charge in [0.15, 0.2) is 5.82 Å². The zero-order valence-electron chi connectivity index (χ0n) is 12.9. The van der Waals surface area contributed by atoms with Gasteiger partial charge < -0.3 is 19.9 Å². The van der Waals surface area contributed by atoms with Crippen molar-refractivity contribution in [1.29, 1.82) is 0 Å². The van der Waals surface area contributed by atoms with Gasteiger partial charge in [-0.15, -0.1) is 0 Å². The van der Waals surface area contributed by atoms with Gasteiger partial charge in [-0.1, -0.05) is 6.92 Å². The number of amides is 2. The zero-order chi connectivity index (χ0) is 15.2. The molecular weight excluding hydrogens is 270 g/mol. The predicted octanol–water partition coefficient (Wildman–Crippen LogP) is 1.12. The van der Waals surface area contributed by atoms with Crippen LogP contribution < -0.4 is 15.0 Å². The molecule has 1 unspecified atom stereocenters. The molecule has 1 saturated heterocycles. The lowest BCUT2D eigenvalue weighted by Gasteiger charge is -2.25. The Kier molecular flexibility index (Phi) is 5.19. The zero-order valence-corrected chi connectivity index (χ0v) is 12.9. The highest BCUT2D eigenvalue weighted by Crippen LogP contribution is 2.27. The van der Waals surface area contributed by atoms with Crippen LogP contribution in [-0.4, -0.2) is 60.7 Å². The number of nitrogens with zero attached hydrogens (tertiary/aromatic N) is 4. The quantitative estimate of drug-likeness (QED) is 0.881. The second-order valence-electron chi connectivity index (χ2n) is 5.12. The van der Waals surface area contributed by atoms with Gasteiger partial charge in [-0.05, 0) is 12.8 Å². The summed E-state index contributed by atoms with van der Waals surface area (Å²) in [5.41, 5.74) is 0. The third-order valence-electron chi connectivity index (χ3n) is 3.70. The van der Waals surface area contributed by atoms with Gasteiger partial charge in [-0.2, -0.15) is 0 Å². The van der Waals surface area contributed by atoms with Crippen LogP contribution in [0.5, 0.6) is 5.88 Å². The van der Waals surface area contributed by atoms with Gasteiger partial charge in [-0.25, -0.2) is 14.8 Å². The van der Waals surface area contributed by atoms with Crippen molar-refractivity contribution in [1.82, 2.24) is 20.2 Å². The summed E-state index contributed by atoms with van der Waals surface area (Å²) in [5, 5.41) is 2.90. The third kappa shape index (κ3) is 3.53. The summed E-state index contributed by atoms with van der Waals surface area (Å²) in [5.74, 6) is 1.26. The first kappa shape index (κ1) is 15.3. The second-order valence-corrected chi connectivity index (χ2v) is 5.12. The molecule has 0 aromatic carbocycles. The average molecular weight is 293 g/mol. The number of methoxy groups -OCH3 is 1. The van der Waals surface area contributed by atoms with Crippen LogP contribution in [-0.2, 0) is 0 Å². The van der Waals surface area contributed by atoms with Gasteiger partial charge in [0.2, 0.25) is 0 Å². The SMILES string of the molecule is CCCNC(=O)N(C)C1CCN(c2nccnc2OC)C1. The second kappa shape index (κ2) is 7.10. The smallest absolute Gasteiger partial charge is 0.317 e. The topological polar surface area (TPSA) is 70.6 Å². The highest BCUT2D eigenvalue weighted by molar-refractivity contribution is 5.74. The lowest BCUT2D eigenvalue weighted by atomic mass is 10.2. The predicted molar refractivity (Wildman–Crippen MR) is 80.7 cm³/mol. The third-order valence-corrected chi connectivity index (χ3v) is 3.70. The van der Waals surface area contributed by atoms with Crippen LogP contribution in [0.15, 0.2) is 12.4 Å². The van der Waals surface area contributed by atoms with E-state index in [0.29, 0.717) is 12.4 Å². The molecule has 0 radical (unpaired) electrons. The minimum absolute atomic E-state index is 0.0187. The first-order valence-corrected chi connectivity index (χ1v) is 7.28. The van der Waals surface area contributed by atoms with E-state index in [4.69, 9.17) is 4.74 Å². The summed E-state index contributed by atoms with van der Waals surface area (Å²) >= 11 is 0. The van der Waals surface area contributed by atoms with E-state index in [0.717, 1.165) is 31.7 Å². The first-order valence-electron chi connectivity index (χ1n) is 7.28. The molecule has 1 aromatic heterocycles. The Hall–Kier alpha value is -2.05. The summed E-state index contributed by atoms with van der Waals surface area (Å²) < 4.78 is 5.25. The van der Waals surface area contributed by atoms with Crippen molar-refractivity contribution in [3.8, 4) is 5.88 Å². The number of carbonyl (C=O) groups is 1. The fraction of sp³-hybridized carbons (Fsp3) is 0.643. The lowest BCUT2D eigenvalue weighted by molar-refractivity contribution is 0.194. The van der Waals surface area contributed by atoms with Crippen LogP contribution in [0.1, 0.15) is 19.8 Å². The van der Waals surface area contributed by atoms with Crippen molar-refractivity contribution in [2.24, 2.45) is 0 Å². The number of hydrogen-bond donors (Lipinski definition) is 1. The van der Waals surface area contributed by atoms with Crippen molar-refractivity contribution in [3.05, 3.63) is 12.4 Å². The molecule has 2 rings (SSSR count). The maximum absolute atomic E-state index is 12.0. The summed E-state index contributed by atoms with van der Waals surface area (Å²) in [6, 6.07) is 0.156. The van der Waals surface area contributed by atoms with Crippen molar-refractivity contribution in [3.63, 3.8) is 0 Å². The minimum atomic E-state index is -0.0187. The molecule has 7 nitrogen and oxygen atoms in total. The standard InChI is InChI=1S/C14H23N5O2/c1-4-6-17-14(20)18(2)11-5-9-19(10-11)12-13(21-3)16-8-7-15-12/h7-8,11H,4-6,9-10H2,1-3H3,(H,17,20). The molecule has 1 aromatic rings. The number of urea groups is 1. The Labute approximate surface area is 125 Å². The summed E-state index contributed by atoms with van der Waals surface area (Å²) in [7, 11) is 3.43. The van der Waals surface area contributed by atoms with E-state index in [1.165, 1.54) is 0 Å². The molecule has 0 saturated carbocycles. The Bertz CT molecular complexity index is 482. The fourth-order valence-electron chi connectivity index (χ4n) is 2.45. The Morgan fingerprint density at radius 3 is 3.00 bits per heavy atom. The largest absolute Gasteiger partial charge is 0.478 e. The van der Waals surface area contributed by atoms with E-state index in [1.54, 1.807) is 24.4 Å². The van der Waals surface area contributed by atoms with Crippen LogP contribution >= 0.6 is 0 Å². The van der Waals surface area contributed by atoms with E-state index in [1.807, 2.05) is 14.0 Å². The number of carbonyl (C=O) groups excluding carboxylic acids is 1. The van der Waals surface area contributed by atoms with E-state index in [2.05, 4.69) is 20.2 Å². The van der Waals surface area contributed by atoms with E-state index >= 15 is 0 Å². The summed E-state index contributed by atoms with van der Waals surface area (Å²) in [4.78, 5) is 24.4. The Morgan fingerprint density at radius 1 is 1.52 bits per heavy atom. The number of likely N-dealkylation sites (N-methyl/N-ethyl adjacent to an activating group) is 1. The molecule has 1 fully saturated rings. The number of hydrogen-bond acceptors (Lipinski definition) is 5. The van der Waals surface area contributed by atoms with Crippen LogP contribution in [0.2, 0.25) is 0 Å². The van der Waals surface area contributed by atoms with Gasteiger partial charge in [0.1, 0.15) is 0 Å². The van der Waals surface area contributed by atoms with Crippen molar-refractivity contribution in [2.45, 2.75) is 25.8 Å². The van der Waals surface area contributed by atoms with Crippen LogP contribution in [0.4, 0.5) is 10.6 Å². The normalized spacial score (nSPS) is 17.7. The first-order chi connectivity index (χ1) is 10.2. The highest BCUT2D eigenvalue weighted by atomic mass is 16.5. The lowest BCUT2D eigenvalue weighted by Crippen LogP contribution is -2.45. The molecule has 0 aliphatic carbocycles. The molecule has 21 heavy (non-hydrogen) atoms. The number of ether oxygens (including phenoxy) is 1. The molecule has 1 N–H and O–H groups in total. The van der Waals surface area contributed by atoms with Gasteiger partial charge in [0.05, 0.1) is 13.2 Å². The summed E-state index contributed by atoms with van der Waals surface area (Å²) in [6.45, 7) is 4.33. The number of nitrogens with one attached hydrogen (secondary N) is 1. The molecular formula is C14H23N5O2. The van der Waals surface area contributed by atoms with Gasteiger partial charge in [-0.3, -0.25) is 0 Å². The van der Waals surface area contributed by atoms with Crippen molar-refractivity contribution < 1.29 is 9.53 Å². The Balaban J connectivity index is 1.98. The summed E-state index contributed by atoms with van der Waals surface area (Å²) in [6.07, 6.45) is 5.12. The molecule has 7 heteroatoms. The van der Waals surface area contributed by atoms with Crippen LogP contribution in [0.25, 0.3) is 0 Å². The molecule has 1 aliphatic rings. The molecule has 2 heterocycles. The monoisotopic (exact) mass is 293 g/mol. The number of anilines is 1. The van der Waals surface area contributed by atoms with Crippen molar-refractivity contribution >= 4 is 11.8 Å². The number of rotatable bonds is 5. The maximum Gasteiger partial charge on any atom is 0.317 e. The van der Waals surface area contributed by atoms with E-state index < -0.39 is 0 Å². The van der Waals surface area contributed by atoms with Gasteiger partial charge >= 0.3 is 6.03 Å². The molecule has 1 atom stereocenters. The van der Waals surface area contributed by atoms with Gasteiger partial charge in [0.25, 0.3) is 5.88 Å². The number of aromatic nitrogens is 2. The van der Waals surface area contributed by atoms with Crippen molar-refractivity contribution in [2.75, 3.05) is 38.7 Å². The van der Waals surface area contributed by atoms with Crippen LogP contribution in [0.3, 0.4) is 0 Å². The van der Waals surface area contributed by atoms with Crippen LogP contribution in [0, 0.1) is 0 Å². The average Bonchev–Trinajstić information content (AvgIpc) is 3.01. The Morgan fingerprint density at radius 2 is 2.29 bits per heavy atom. The minimum Gasteiger partial charge on any atom is -0.478 e. The highest BCUT2D eigenvalue weighted by Gasteiger charge is 2.30. The molecule has 0 bridgehead atoms. The van der Waals surface area contributed by atoms with E-state index in [-0.39, 0.29) is 12.1 Å². The molecule has 2 amide bonds. The molecule has 116 valence electrons. The van der Waals surface area contributed by atoms with Gasteiger partial charge in [0, 0.05) is 39.1 Å². The fourth-order valence-corrected chi connectivity index (χ4v) is 2.45. The van der Waals surface area contributed by atoms with E-state index in [9.17, 15) is 4.79 Å². The molecule has 0 spiro atoms.